The molecule has 126 valence electrons. The zero-order chi connectivity index (χ0) is 17.5. The number of halogens is 3. The van der Waals surface area contributed by atoms with Crippen LogP contribution in [0, 0.1) is 0 Å². The van der Waals surface area contributed by atoms with E-state index in [1.54, 1.807) is 0 Å². The topological polar surface area (TPSA) is 58.2 Å². The van der Waals surface area contributed by atoms with Gasteiger partial charge in [-0.15, -0.1) is 0 Å². The van der Waals surface area contributed by atoms with Gasteiger partial charge in [0.1, 0.15) is 6.04 Å². The van der Waals surface area contributed by atoms with E-state index in [1.807, 2.05) is 6.92 Å². The third-order valence-corrected chi connectivity index (χ3v) is 2.94. The lowest BCUT2D eigenvalue weighted by atomic mass is 10.1. The molecule has 0 heterocycles. The van der Waals surface area contributed by atoms with Crippen molar-refractivity contribution in [2.24, 2.45) is 0 Å². The molecule has 23 heavy (non-hydrogen) atoms. The summed E-state index contributed by atoms with van der Waals surface area (Å²) in [5.74, 6) is -0.866. The summed E-state index contributed by atoms with van der Waals surface area (Å²) in [4.78, 5) is 23.3. The quantitative estimate of drug-likeness (QED) is 0.789. The number of carbonyl (C=O) groups is 2. The van der Waals surface area contributed by atoms with E-state index < -0.39 is 23.7 Å². The van der Waals surface area contributed by atoms with Gasteiger partial charge in [0, 0.05) is 12.6 Å². The standard InChI is InChI=1S/C16H19F3N2O2/c1-3-9-20-15(23)11(2)21-14(22)8-7-12-5-4-6-13(10-12)16(17,18)19/h4-8,10-11H,3,9H2,1-2H3,(H,20,23)(H,21,22)/b8-7+. The number of nitrogens with one attached hydrogen (secondary N) is 2. The molecule has 1 rings (SSSR count). The SMILES string of the molecule is CCCNC(=O)C(C)NC(=O)/C=C/c1cccc(C(F)(F)F)c1. The Kier molecular flexibility index (Phi) is 6.81. The van der Waals surface area contributed by atoms with Gasteiger partial charge in [-0.1, -0.05) is 19.1 Å². The first kappa shape index (κ1) is 18.7. The van der Waals surface area contributed by atoms with E-state index in [0.717, 1.165) is 24.6 Å². The normalized spacial score (nSPS) is 12.9. The predicted octanol–water partition coefficient (Wildman–Crippen LogP) is 2.75. The van der Waals surface area contributed by atoms with Gasteiger partial charge < -0.3 is 10.6 Å². The van der Waals surface area contributed by atoms with Gasteiger partial charge in [0.2, 0.25) is 11.8 Å². The summed E-state index contributed by atoms with van der Waals surface area (Å²) in [6, 6.07) is 3.90. The molecule has 2 N–H and O–H groups in total. The molecule has 1 unspecified atom stereocenters. The van der Waals surface area contributed by atoms with Gasteiger partial charge in [0.15, 0.2) is 0 Å². The van der Waals surface area contributed by atoms with Crippen LogP contribution >= 0.6 is 0 Å². The lowest BCUT2D eigenvalue weighted by molar-refractivity contribution is -0.137. The van der Waals surface area contributed by atoms with E-state index in [4.69, 9.17) is 0 Å². The van der Waals surface area contributed by atoms with Crippen molar-refractivity contribution in [3.05, 3.63) is 41.5 Å². The Balaban J connectivity index is 2.63. The summed E-state index contributed by atoms with van der Waals surface area (Å²) in [6.07, 6.45) is -1.29. The third-order valence-electron chi connectivity index (χ3n) is 2.94. The minimum atomic E-state index is -4.43. The third kappa shape index (κ3) is 6.54. The molecule has 0 aliphatic carbocycles. The Hall–Kier alpha value is -2.31. The maximum absolute atomic E-state index is 12.6. The van der Waals surface area contributed by atoms with Crippen LogP contribution in [0.3, 0.4) is 0 Å². The number of rotatable bonds is 6. The van der Waals surface area contributed by atoms with Crippen LogP contribution in [0.4, 0.5) is 13.2 Å². The number of benzene rings is 1. The van der Waals surface area contributed by atoms with E-state index >= 15 is 0 Å². The number of hydrogen-bond donors (Lipinski definition) is 2. The van der Waals surface area contributed by atoms with Crippen molar-refractivity contribution in [3.63, 3.8) is 0 Å². The van der Waals surface area contributed by atoms with E-state index in [-0.39, 0.29) is 11.5 Å². The van der Waals surface area contributed by atoms with E-state index in [0.29, 0.717) is 6.54 Å². The van der Waals surface area contributed by atoms with E-state index in [9.17, 15) is 22.8 Å². The molecule has 1 aromatic rings. The maximum atomic E-state index is 12.6. The molecule has 0 aliphatic heterocycles. The van der Waals surface area contributed by atoms with Crippen molar-refractivity contribution in [1.82, 2.24) is 10.6 Å². The van der Waals surface area contributed by atoms with Crippen LogP contribution in [0.5, 0.6) is 0 Å². The molecule has 0 saturated carbocycles. The Labute approximate surface area is 132 Å². The van der Waals surface area contributed by atoms with Crippen LogP contribution in [-0.2, 0) is 15.8 Å². The second-order valence-corrected chi connectivity index (χ2v) is 4.98. The van der Waals surface area contributed by atoms with Crippen LogP contribution in [0.15, 0.2) is 30.3 Å². The summed E-state index contributed by atoms with van der Waals surface area (Å²) in [5.41, 5.74) is -0.537. The zero-order valence-electron chi connectivity index (χ0n) is 12.9. The van der Waals surface area contributed by atoms with Gasteiger partial charge in [-0.05, 0) is 37.1 Å². The molecule has 0 aromatic heterocycles. The molecule has 4 nitrogen and oxygen atoms in total. The monoisotopic (exact) mass is 328 g/mol. The minimum absolute atomic E-state index is 0.248. The van der Waals surface area contributed by atoms with Gasteiger partial charge in [-0.3, -0.25) is 9.59 Å². The van der Waals surface area contributed by atoms with Crippen molar-refractivity contribution in [1.29, 1.82) is 0 Å². The largest absolute Gasteiger partial charge is 0.416 e. The number of amides is 2. The molecule has 0 fully saturated rings. The highest BCUT2D eigenvalue weighted by Crippen LogP contribution is 2.29. The van der Waals surface area contributed by atoms with Crippen molar-refractivity contribution in [3.8, 4) is 0 Å². The highest BCUT2D eigenvalue weighted by molar-refractivity contribution is 5.95. The van der Waals surface area contributed by atoms with E-state index in [1.165, 1.54) is 25.1 Å². The smallest absolute Gasteiger partial charge is 0.354 e. The number of alkyl halides is 3. The van der Waals surface area contributed by atoms with Crippen LogP contribution < -0.4 is 10.6 Å². The average molecular weight is 328 g/mol. The Morgan fingerprint density at radius 1 is 1.30 bits per heavy atom. The molecule has 0 spiro atoms. The fourth-order valence-corrected chi connectivity index (χ4v) is 1.72. The zero-order valence-corrected chi connectivity index (χ0v) is 12.9. The van der Waals surface area contributed by atoms with Gasteiger partial charge in [0.05, 0.1) is 5.56 Å². The van der Waals surface area contributed by atoms with Gasteiger partial charge in [-0.25, -0.2) is 0 Å². The molecule has 1 atom stereocenters. The summed E-state index contributed by atoms with van der Waals surface area (Å²) < 4.78 is 37.7. The predicted molar refractivity (Wildman–Crippen MR) is 81.4 cm³/mol. The fraction of sp³-hybridized carbons (Fsp3) is 0.375. The van der Waals surface area contributed by atoms with Gasteiger partial charge >= 0.3 is 6.18 Å². The lowest BCUT2D eigenvalue weighted by Crippen LogP contribution is -2.44. The number of hydrogen-bond acceptors (Lipinski definition) is 2. The van der Waals surface area contributed by atoms with Crippen LogP contribution in [0.1, 0.15) is 31.4 Å². The van der Waals surface area contributed by atoms with Crippen LogP contribution in [0.2, 0.25) is 0 Å². The second kappa shape index (κ2) is 8.36. The minimum Gasteiger partial charge on any atom is -0.354 e. The molecule has 1 aromatic carbocycles. The Morgan fingerprint density at radius 3 is 2.61 bits per heavy atom. The first-order chi connectivity index (χ1) is 10.7. The molecule has 0 bridgehead atoms. The highest BCUT2D eigenvalue weighted by Gasteiger charge is 2.30. The average Bonchev–Trinajstić information content (AvgIpc) is 2.50. The summed E-state index contributed by atoms with van der Waals surface area (Å²) in [7, 11) is 0. The van der Waals surface area contributed by atoms with Crippen LogP contribution in [-0.4, -0.2) is 24.4 Å². The fourth-order valence-electron chi connectivity index (χ4n) is 1.72. The number of carbonyl (C=O) groups excluding carboxylic acids is 2. The maximum Gasteiger partial charge on any atom is 0.416 e. The van der Waals surface area contributed by atoms with Gasteiger partial charge in [0.25, 0.3) is 0 Å². The van der Waals surface area contributed by atoms with Crippen molar-refractivity contribution >= 4 is 17.9 Å². The molecule has 0 aliphatic rings. The first-order valence-electron chi connectivity index (χ1n) is 7.17. The molecule has 7 heteroatoms. The summed E-state index contributed by atoms with van der Waals surface area (Å²) in [6.45, 7) is 3.95. The highest BCUT2D eigenvalue weighted by atomic mass is 19.4. The molecular formula is C16H19F3N2O2. The lowest BCUT2D eigenvalue weighted by Gasteiger charge is -2.12. The van der Waals surface area contributed by atoms with Gasteiger partial charge in [-0.2, -0.15) is 13.2 Å². The Morgan fingerprint density at radius 2 is 2.00 bits per heavy atom. The van der Waals surface area contributed by atoms with Crippen molar-refractivity contribution in [2.75, 3.05) is 6.54 Å². The molecular weight excluding hydrogens is 309 g/mol. The molecule has 2 amide bonds. The first-order valence-corrected chi connectivity index (χ1v) is 7.17. The second-order valence-electron chi connectivity index (χ2n) is 4.98. The van der Waals surface area contributed by atoms with Crippen LogP contribution in [0.25, 0.3) is 6.08 Å². The molecule has 0 saturated heterocycles. The van der Waals surface area contributed by atoms with E-state index in [2.05, 4.69) is 10.6 Å². The van der Waals surface area contributed by atoms with Crippen molar-refractivity contribution in [2.45, 2.75) is 32.5 Å². The van der Waals surface area contributed by atoms with Crippen molar-refractivity contribution < 1.29 is 22.8 Å². The summed E-state index contributed by atoms with van der Waals surface area (Å²) in [5, 5.41) is 5.08. The Bertz CT molecular complexity index is 583. The molecule has 0 radical (unpaired) electrons. The summed E-state index contributed by atoms with van der Waals surface area (Å²) >= 11 is 0.